The molecular weight excluding hydrogens is 475 g/mol. The van der Waals surface area contributed by atoms with Crippen LogP contribution in [0.3, 0.4) is 0 Å². The van der Waals surface area contributed by atoms with Gasteiger partial charge in [-0.1, -0.05) is 86.4 Å². The molecule has 0 bridgehead atoms. The molecule has 1 unspecified atom stereocenters. The number of aliphatic hydroxyl groups is 1. The third-order valence-corrected chi connectivity index (χ3v) is 7.06. The molecule has 0 saturated carbocycles. The van der Waals surface area contributed by atoms with Crippen LogP contribution in [0.1, 0.15) is 25.0 Å². The molecular formula is C27H26F3NO3S. The van der Waals surface area contributed by atoms with Crippen molar-refractivity contribution in [2.24, 2.45) is 5.92 Å². The van der Waals surface area contributed by atoms with Gasteiger partial charge in [0.05, 0.1) is 10.6 Å². The molecule has 0 spiro atoms. The van der Waals surface area contributed by atoms with E-state index in [0.29, 0.717) is 11.3 Å². The lowest BCUT2D eigenvalue weighted by Crippen LogP contribution is -2.41. The number of rotatable bonds is 7. The lowest BCUT2D eigenvalue weighted by atomic mass is 9.93. The molecule has 0 aromatic heterocycles. The maximum Gasteiger partial charge on any atom is 0.433 e. The van der Waals surface area contributed by atoms with Crippen LogP contribution in [-0.4, -0.2) is 26.2 Å². The summed E-state index contributed by atoms with van der Waals surface area (Å²) in [7, 11) is -3.80. The van der Waals surface area contributed by atoms with Crippen molar-refractivity contribution < 1.29 is 26.7 Å². The zero-order valence-corrected chi connectivity index (χ0v) is 20.1. The molecule has 184 valence electrons. The predicted molar refractivity (Wildman–Crippen MR) is 130 cm³/mol. The van der Waals surface area contributed by atoms with E-state index >= 15 is 0 Å². The normalized spacial score (nSPS) is 13.6. The van der Waals surface area contributed by atoms with Gasteiger partial charge in [-0.15, -0.1) is 0 Å². The van der Waals surface area contributed by atoms with Crippen molar-refractivity contribution in [1.29, 1.82) is 0 Å². The van der Waals surface area contributed by atoms with Crippen molar-refractivity contribution in [2.45, 2.75) is 36.9 Å². The van der Waals surface area contributed by atoms with Gasteiger partial charge >= 0.3 is 6.18 Å². The molecule has 0 fully saturated rings. The van der Waals surface area contributed by atoms with Crippen LogP contribution in [-0.2, 0) is 22.0 Å². The first-order valence-corrected chi connectivity index (χ1v) is 12.4. The molecule has 3 aromatic carbocycles. The molecule has 1 N–H and O–H groups in total. The van der Waals surface area contributed by atoms with Gasteiger partial charge in [-0.2, -0.15) is 13.2 Å². The molecule has 0 aliphatic rings. The first kappa shape index (κ1) is 26.3. The van der Waals surface area contributed by atoms with Gasteiger partial charge in [0, 0.05) is 18.5 Å². The fourth-order valence-corrected chi connectivity index (χ4v) is 5.08. The van der Waals surface area contributed by atoms with Crippen LogP contribution >= 0.6 is 0 Å². The van der Waals surface area contributed by atoms with Gasteiger partial charge < -0.3 is 5.11 Å². The molecule has 0 aliphatic carbocycles. The van der Waals surface area contributed by atoms with Gasteiger partial charge in [-0.25, -0.2) is 8.42 Å². The Balaban J connectivity index is 1.86. The minimum absolute atomic E-state index is 0.0528. The van der Waals surface area contributed by atoms with Gasteiger partial charge in [0.25, 0.3) is 10.0 Å². The number of benzene rings is 3. The topological polar surface area (TPSA) is 57.6 Å². The first-order valence-electron chi connectivity index (χ1n) is 11.0. The fraction of sp³-hybridized carbons (Fsp3) is 0.259. The summed E-state index contributed by atoms with van der Waals surface area (Å²) in [5, 5.41) is 10.3. The van der Waals surface area contributed by atoms with Crippen molar-refractivity contribution in [3.8, 4) is 11.8 Å². The van der Waals surface area contributed by atoms with E-state index in [1.165, 1.54) is 40.7 Å². The van der Waals surface area contributed by atoms with E-state index < -0.39 is 21.8 Å². The van der Waals surface area contributed by atoms with Gasteiger partial charge in [-0.3, -0.25) is 4.31 Å². The highest BCUT2D eigenvalue weighted by Gasteiger charge is 2.54. The standard InChI is InChI=1S/C27H26F3NO3S/c1-21(2)20-31(35(33,34)25-13-7-4-8-14-25)24-17-15-22(16-18-24)10-9-19-26(32,27(28,29)30)23-11-5-3-6-12-23/h3-8,11-18,21,32H,10,20H2,1-2H3. The molecule has 0 radical (unpaired) electrons. The van der Waals surface area contributed by atoms with Gasteiger partial charge in [0.15, 0.2) is 0 Å². The zero-order chi connectivity index (χ0) is 25.7. The van der Waals surface area contributed by atoms with E-state index in [-0.39, 0.29) is 29.3 Å². The van der Waals surface area contributed by atoms with Crippen molar-refractivity contribution >= 4 is 15.7 Å². The summed E-state index contributed by atoms with van der Waals surface area (Å²) in [6.07, 6.45) is -5.03. The quantitative estimate of drug-likeness (QED) is 0.433. The van der Waals surface area contributed by atoms with Crippen LogP contribution < -0.4 is 4.31 Å². The van der Waals surface area contributed by atoms with Gasteiger partial charge in [-0.05, 0) is 35.7 Å². The van der Waals surface area contributed by atoms with Crippen LogP contribution in [0.2, 0.25) is 0 Å². The number of halogens is 3. The van der Waals surface area contributed by atoms with E-state index in [0.717, 1.165) is 0 Å². The Morgan fingerprint density at radius 1 is 0.886 bits per heavy atom. The second-order valence-electron chi connectivity index (χ2n) is 8.46. The molecule has 8 heteroatoms. The van der Waals surface area contributed by atoms with Crippen LogP contribution in [0, 0.1) is 17.8 Å². The van der Waals surface area contributed by atoms with Crippen molar-refractivity contribution in [3.05, 3.63) is 96.1 Å². The molecule has 4 nitrogen and oxygen atoms in total. The number of anilines is 1. The van der Waals surface area contributed by atoms with Crippen molar-refractivity contribution in [2.75, 3.05) is 10.8 Å². The average molecular weight is 502 g/mol. The first-order chi connectivity index (χ1) is 16.4. The summed E-state index contributed by atoms with van der Waals surface area (Å²) in [5.74, 6) is 4.47. The molecule has 3 rings (SSSR count). The molecule has 0 aliphatic heterocycles. The smallest absolute Gasteiger partial charge is 0.366 e. The summed E-state index contributed by atoms with van der Waals surface area (Å²) in [5.41, 5.74) is -2.62. The molecule has 0 heterocycles. The lowest BCUT2D eigenvalue weighted by Gasteiger charge is -2.26. The summed E-state index contributed by atoms with van der Waals surface area (Å²) in [6.45, 7) is 4.07. The zero-order valence-electron chi connectivity index (χ0n) is 19.3. The highest BCUT2D eigenvalue weighted by atomic mass is 32.2. The minimum Gasteiger partial charge on any atom is -0.366 e. The number of hydrogen-bond acceptors (Lipinski definition) is 3. The van der Waals surface area contributed by atoms with E-state index in [2.05, 4.69) is 5.92 Å². The Hall–Kier alpha value is -3.28. The largest absolute Gasteiger partial charge is 0.433 e. The minimum atomic E-state index is -4.98. The van der Waals surface area contributed by atoms with Crippen LogP contribution in [0.4, 0.5) is 18.9 Å². The van der Waals surface area contributed by atoms with Gasteiger partial charge in [0.1, 0.15) is 0 Å². The summed E-state index contributed by atoms with van der Waals surface area (Å²) in [4.78, 5) is 0.169. The van der Waals surface area contributed by atoms with E-state index in [1.54, 1.807) is 48.5 Å². The predicted octanol–water partition coefficient (Wildman–Crippen LogP) is 5.53. The van der Waals surface area contributed by atoms with Crippen LogP contribution in [0.5, 0.6) is 0 Å². The van der Waals surface area contributed by atoms with E-state index in [9.17, 15) is 26.7 Å². The number of sulfonamides is 1. The summed E-state index contributed by atoms with van der Waals surface area (Å²) < 4.78 is 68.6. The third kappa shape index (κ3) is 6.05. The number of nitrogens with zero attached hydrogens (tertiary/aromatic N) is 1. The third-order valence-electron chi connectivity index (χ3n) is 5.25. The number of alkyl halides is 3. The summed E-state index contributed by atoms with van der Waals surface area (Å²) in [6, 6.07) is 21.2. The van der Waals surface area contributed by atoms with E-state index in [1.807, 2.05) is 19.8 Å². The van der Waals surface area contributed by atoms with E-state index in [4.69, 9.17) is 0 Å². The van der Waals surface area contributed by atoms with Crippen LogP contribution in [0.15, 0.2) is 89.8 Å². The fourth-order valence-electron chi connectivity index (χ4n) is 3.43. The highest BCUT2D eigenvalue weighted by Crippen LogP contribution is 2.38. The molecule has 1 atom stereocenters. The maximum absolute atomic E-state index is 13.6. The summed E-state index contributed by atoms with van der Waals surface area (Å²) >= 11 is 0. The maximum atomic E-state index is 13.6. The Morgan fingerprint density at radius 3 is 1.94 bits per heavy atom. The Morgan fingerprint density at radius 2 is 1.43 bits per heavy atom. The van der Waals surface area contributed by atoms with Crippen molar-refractivity contribution in [1.82, 2.24) is 0 Å². The Bertz CT molecular complexity index is 1280. The SMILES string of the molecule is CC(C)CN(c1ccc(CC#CC(O)(c2ccccc2)C(F)(F)F)cc1)S(=O)(=O)c1ccccc1. The van der Waals surface area contributed by atoms with Crippen molar-refractivity contribution in [3.63, 3.8) is 0 Å². The second kappa shape index (κ2) is 10.5. The molecule has 0 amide bonds. The monoisotopic (exact) mass is 501 g/mol. The highest BCUT2D eigenvalue weighted by molar-refractivity contribution is 7.92. The second-order valence-corrected chi connectivity index (χ2v) is 10.3. The molecule has 0 saturated heterocycles. The lowest BCUT2D eigenvalue weighted by molar-refractivity contribution is -0.240. The Kier molecular flexibility index (Phi) is 7.93. The molecule has 3 aromatic rings. The van der Waals surface area contributed by atoms with Gasteiger partial charge in [0.2, 0.25) is 5.60 Å². The number of hydrogen-bond donors (Lipinski definition) is 1. The van der Waals surface area contributed by atoms with Crippen LogP contribution in [0.25, 0.3) is 0 Å². The average Bonchev–Trinajstić information content (AvgIpc) is 2.83. The molecule has 35 heavy (non-hydrogen) atoms. The Labute approximate surface area is 204 Å².